The molecule has 1 aliphatic rings. The Morgan fingerprint density at radius 2 is 1.88 bits per heavy atom. The highest BCUT2D eigenvalue weighted by atomic mass is 19.1. The van der Waals surface area contributed by atoms with Crippen LogP contribution in [0.5, 0.6) is 0 Å². The molecular formula is C20H19FN4O. The molecule has 0 bridgehead atoms. The quantitative estimate of drug-likeness (QED) is 0.686. The lowest BCUT2D eigenvalue weighted by molar-refractivity contribution is 0.0723. The van der Waals surface area contributed by atoms with E-state index >= 15 is 0 Å². The van der Waals surface area contributed by atoms with E-state index in [0.29, 0.717) is 18.8 Å². The highest BCUT2D eigenvalue weighted by Gasteiger charge is 2.34. The van der Waals surface area contributed by atoms with Crippen LogP contribution >= 0.6 is 0 Å². The van der Waals surface area contributed by atoms with Crippen molar-refractivity contribution in [3.63, 3.8) is 0 Å². The van der Waals surface area contributed by atoms with Crippen molar-refractivity contribution >= 4 is 5.91 Å². The van der Waals surface area contributed by atoms with Crippen LogP contribution in [-0.4, -0.2) is 31.8 Å². The van der Waals surface area contributed by atoms with Crippen LogP contribution in [0.2, 0.25) is 0 Å². The molecular weight excluding hydrogens is 331 g/mol. The van der Waals surface area contributed by atoms with E-state index in [1.165, 1.54) is 12.1 Å². The maximum Gasteiger partial charge on any atom is 0.276 e. The summed E-state index contributed by atoms with van der Waals surface area (Å²) < 4.78 is 15.1. The van der Waals surface area contributed by atoms with E-state index in [2.05, 4.69) is 10.3 Å². The molecule has 6 heteroatoms. The molecule has 1 amide bonds. The smallest absolute Gasteiger partial charge is 0.276 e. The minimum Gasteiger partial charge on any atom is -0.330 e. The van der Waals surface area contributed by atoms with Crippen LogP contribution in [0.1, 0.15) is 34.5 Å². The van der Waals surface area contributed by atoms with Crippen molar-refractivity contribution in [2.45, 2.75) is 32.0 Å². The predicted molar refractivity (Wildman–Crippen MR) is 94.9 cm³/mol. The van der Waals surface area contributed by atoms with Gasteiger partial charge in [0.1, 0.15) is 5.82 Å². The van der Waals surface area contributed by atoms with Crippen LogP contribution in [0.15, 0.2) is 60.8 Å². The zero-order valence-corrected chi connectivity index (χ0v) is 14.3. The first-order chi connectivity index (χ1) is 12.7. The van der Waals surface area contributed by atoms with E-state index < -0.39 is 0 Å². The molecule has 0 N–H and O–H groups in total. The minimum atomic E-state index is -0.292. The highest BCUT2D eigenvalue weighted by molar-refractivity contribution is 5.92. The van der Waals surface area contributed by atoms with Gasteiger partial charge in [0.05, 0.1) is 12.7 Å². The average Bonchev–Trinajstić information content (AvgIpc) is 3.39. The fourth-order valence-corrected chi connectivity index (χ4v) is 2.98. The normalized spacial score (nSPS) is 13.6. The third-order valence-corrected chi connectivity index (χ3v) is 4.44. The van der Waals surface area contributed by atoms with Crippen LogP contribution in [0, 0.1) is 5.82 Å². The van der Waals surface area contributed by atoms with Crippen molar-refractivity contribution in [1.82, 2.24) is 19.9 Å². The molecule has 26 heavy (non-hydrogen) atoms. The van der Waals surface area contributed by atoms with Crippen molar-refractivity contribution < 1.29 is 9.18 Å². The van der Waals surface area contributed by atoms with Gasteiger partial charge in [0.15, 0.2) is 5.69 Å². The van der Waals surface area contributed by atoms with Crippen LogP contribution < -0.4 is 0 Å². The summed E-state index contributed by atoms with van der Waals surface area (Å²) in [4.78, 5) is 14.7. The second kappa shape index (κ2) is 7.07. The van der Waals surface area contributed by atoms with Gasteiger partial charge >= 0.3 is 0 Å². The zero-order chi connectivity index (χ0) is 17.9. The topological polar surface area (TPSA) is 51.0 Å². The van der Waals surface area contributed by atoms with Gasteiger partial charge in [0.25, 0.3) is 5.91 Å². The summed E-state index contributed by atoms with van der Waals surface area (Å²) in [5, 5.41) is 8.13. The first-order valence-electron chi connectivity index (χ1n) is 8.68. The van der Waals surface area contributed by atoms with E-state index in [9.17, 15) is 9.18 Å². The van der Waals surface area contributed by atoms with Crippen molar-refractivity contribution in [1.29, 1.82) is 0 Å². The van der Waals surface area contributed by atoms with Crippen molar-refractivity contribution in [3.8, 4) is 0 Å². The van der Waals surface area contributed by atoms with E-state index in [1.54, 1.807) is 21.8 Å². The minimum absolute atomic E-state index is 0.156. The number of halogens is 1. The number of benzene rings is 2. The first kappa shape index (κ1) is 16.4. The largest absolute Gasteiger partial charge is 0.330 e. The summed E-state index contributed by atoms with van der Waals surface area (Å²) in [7, 11) is 0. The monoisotopic (exact) mass is 350 g/mol. The molecule has 1 aliphatic carbocycles. The van der Waals surface area contributed by atoms with E-state index in [0.717, 1.165) is 24.0 Å². The predicted octanol–water partition coefficient (Wildman–Crippen LogP) is 3.27. The van der Waals surface area contributed by atoms with Gasteiger partial charge in [-0.05, 0) is 36.1 Å². The second-order valence-corrected chi connectivity index (χ2v) is 6.58. The lowest BCUT2D eigenvalue weighted by Gasteiger charge is -2.21. The van der Waals surface area contributed by atoms with Gasteiger partial charge in [0, 0.05) is 12.6 Å². The Kier molecular flexibility index (Phi) is 4.48. The summed E-state index contributed by atoms with van der Waals surface area (Å²) in [5.74, 6) is -0.449. The first-order valence-corrected chi connectivity index (χ1v) is 8.68. The molecule has 0 spiro atoms. The molecule has 0 unspecified atom stereocenters. The molecule has 5 nitrogen and oxygen atoms in total. The Morgan fingerprint density at radius 1 is 1.12 bits per heavy atom. The third-order valence-electron chi connectivity index (χ3n) is 4.44. The van der Waals surface area contributed by atoms with E-state index in [-0.39, 0.29) is 17.8 Å². The fourth-order valence-electron chi connectivity index (χ4n) is 2.98. The van der Waals surface area contributed by atoms with Crippen LogP contribution in [-0.2, 0) is 13.1 Å². The number of hydrogen-bond donors (Lipinski definition) is 0. The molecule has 0 saturated heterocycles. The Hall–Kier alpha value is -3.02. The summed E-state index contributed by atoms with van der Waals surface area (Å²) >= 11 is 0. The van der Waals surface area contributed by atoms with Crippen LogP contribution in [0.4, 0.5) is 4.39 Å². The molecule has 0 atom stereocenters. The standard InChI is InChI=1S/C20H19FN4O/c21-17-8-4-7-16(11-17)13-25(18-9-10-18)20(26)19-14-24(23-22-19)12-15-5-2-1-3-6-15/h1-8,11,14,18H,9-10,12-13H2. The molecule has 1 aromatic heterocycles. The number of hydrogen-bond acceptors (Lipinski definition) is 3. The van der Waals surface area contributed by atoms with Gasteiger partial charge in [-0.3, -0.25) is 4.79 Å². The summed E-state index contributed by atoms with van der Waals surface area (Å²) in [5.41, 5.74) is 2.20. The van der Waals surface area contributed by atoms with Gasteiger partial charge in [0.2, 0.25) is 0 Å². The molecule has 0 aliphatic heterocycles. The molecule has 3 aromatic rings. The molecule has 132 valence electrons. The molecule has 1 heterocycles. The summed E-state index contributed by atoms with van der Waals surface area (Å²) in [6, 6.07) is 16.5. The lowest BCUT2D eigenvalue weighted by Crippen LogP contribution is -2.32. The van der Waals surface area contributed by atoms with Gasteiger partial charge in [-0.25, -0.2) is 9.07 Å². The van der Waals surface area contributed by atoms with Gasteiger partial charge in [-0.1, -0.05) is 47.7 Å². The number of aromatic nitrogens is 3. The number of rotatable bonds is 6. The average molecular weight is 350 g/mol. The Labute approximate surface area is 151 Å². The SMILES string of the molecule is O=C(c1cn(Cc2ccccc2)nn1)N(Cc1cccc(F)c1)C1CC1. The lowest BCUT2D eigenvalue weighted by atomic mass is 10.2. The molecule has 0 radical (unpaired) electrons. The zero-order valence-electron chi connectivity index (χ0n) is 14.3. The van der Waals surface area contributed by atoms with Crippen molar-refractivity contribution in [3.05, 3.63) is 83.4 Å². The summed E-state index contributed by atoms with van der Waals surface area (Å²) in [6.07, 6.45) is 3.62. The van der Waals surface area contributed by atoms with Gasteiger partial charge in [-0.15, -0.1) is 5.10 Å². The van der Waals surface area contributed by atoms with Crippen molar-refractivity contribution in [2.75, 3.05) is 0 Å². The van der Waals surface area contributed by atoms with Crippen LogP contribution in [0.3, 0.4) is 0 Å². The second-order valence-electron chi connectivity index (χ2n) is 6.58. The Balaban J connectivity index is 1.49. The van der Waals surface area contributed by atoms with E-state index in [4.69, 9.17) is 0 Å². The maximum absolute atomic E-state index is 13.4. The molecule has 1 saturated carbocycles. The van der Waals surface area contributed by atoms with E-state index in [1.807, 2.05) is 36.4 Å². The molecule has 2 aromatic carbocycles. The maximum atomic E-state index is 13.4. The van der Waals surface area contributed by atoms with Crippen molar-refractivity contribution in [2.24, 2.45) is 0 Å². The Bertz CT molecular complexity index is 905. The van der Waals surface area contributed by atoms with Gasteiger partial charge < -0.3 is 4.90 Å². The third kappa shape index (κ3) is 3.79. The summed E-state index contributed by atoms with van der Waals surface area (Å²) in [6.45, 7) is 0.946. The van der Waals surface area contributed by atoms with Crippen LogP contribution in [0.25, 0.3) is 0 Å². The number of amides is 1. The Morgan fingerprint density at radius 3 is 2.62 bits per heavy atom. The highest BCUT2D eigenvalue weighted by Crippen LogP contribution is 2.29. The number of carbonyl (C=O) groups excluding carboxylic acids is 1. The fraction of sp³-hybridized carbons (Fsp3) is 0.250. The van der Waals surface area contributed by atoms with Gasteiger partial charge in [-0.2, -0.15) is 0 Å². The number of carbonyl (C=O) groups is 1. The molecule has 1 fully saturated rings. The molecule has 4 rings (SSSR count). The number of nitrogens with zero attached hydrogens (tertiary/aromatic N) is 4.